The van der Waals surface area contributed by atoms with E-state index >= 15 is 0 Å². The fourth-order valence-electron chi connectivity index (χ4n) is 0.877. The van der Waals surface area contributed by atoms with Gasteiger partial charge in [0.2, 0.25) is 5.91 Å². The van der Waals surface area contributed by atoms with Crippen molar-refractivity contribution >= 4 is 11.8 Å². The quantitative estimate of drug-likeness (QED) is 0.509. The largest absolute Gasteiger partial charge is 0.383 e. The van der Waals surface area contributed by atoms with Crippen molar-refractivity contribution in [2.75, 3.05) is 0 Å². The Bertz CT molecular complexity index is 161. The van der Waals surface area contributed by atoms with E-state index in [-0.39, 0.29) is 18.2 Å². The molecular weight excluding hydrogens is 158 g/mol. The van der Waals surface area contributed by atoms with Crippen LogP contribution in [0.1, 0.15) is 27.2 Å². The second-order valence-corrected chi connectivity index (χ2v) is 2.51. The minimum Gasteiger partial charge on any atom is -0.383 e. The molecule has 0 spiro atoms. The summed E-state index contributed by atoms with van der Waals surface area (Å²) in [6, 6.07) is 0. The highest BCUT2D eigenvalue weighted by Crippen LogP contribution is 2.10. The third-order valence-electron chi connectivity index (χ3n) is 1.57. The van der Waals surface area contributed by atoms with E-state index in [0.29, 0.717) is 0 Å². The highest BCUT2D eigenvalue weighted by atomic mass is 16.3. The van der Waals surface area contributed by atoms with E-state index in [1.165, 1.54) is 0 Å². The zero-order chi connectivity index (χ0) is 9.72. The van der Waals surface area contributed by atoms with Crippen LogP contribution in [0.5, 0.6) is 0 Å². The Balaban J connectivity index is 0.000000561. The summed E-state index contributed by atoms with van der Waals surface area (Å²) >= 11 is 0. The fraction of sp³-hybridized carbons (Fsp3) is 0.750. The zero-order valence-corrected chi connectivity index (χ0v) is 7.63. The Morgan fingerprint density at radius 2 is 1.83 bits per heavy atom. The number of carbonyl (C=O) groups excluding carboxylic acids is 2. The molecule has 4 heteroatoms. The van der Waals surface area contributed by atoms with Crippen LogP contribution in [0, 0.1) is 5.92 Å². The Morgan fingerprint density at radius 1 is 1.33 bits per heavy atom. The molecule has 1 heterocycles. The van der Waals surface area contributed by atoms with E-state index in [4.69, 9.17) is 5.11 Å². The number of hydrogen-bond donors (Lipinski definition) is 2. The summed E-state index contributed by atoms with van der Waals surface area (Å²) in [6.07, 6.45) is -0.766. The monoisotopic (exact) mass is 173 g/mol. The summed E-state index contributed by atoms with van der Waals surface area (Å²) in [5.74, 6) is -1.13. The molecule has 2 unspecified atom stereocenters. The van der Waals surface area contributed by atoms with Gasteiger partial charge in [-0.25, -0.2) is 0 Å². The summed E-state index contributed by atoms with van der Waals surface area (Å²) in [4.78, 5) is 21.3. The fourth-order valence-corrected chi connectivity index (χ4v) is 0.877. The van der Waals surface area contributed by atoms with Gasteiger partial charge in [0.15, 0.2) is 0 Å². The first-order chi connectivity index (χ1) is 5.61. The Morgan fingerprint density at radius 3 is 2.25 bits per heavy atom. The van der Waals surface area contributed by atoms with Crippen molar-refractivity contribution in [2.24, 2.45) is 5.92 Å². The van der Waals surface area contributed by atoms with E-state index in [9.17, 15) is 9.59 Å². The van der Waals surface area contributed by atoms with E-state index in [0.717, 1.165) is 0 Å². The van der Waals surface area contributed by atoms with Crippen LogP contribution < -0.4 is 5.32 Å². The van der Waals surface area contributed by atoms with E-state index < -0.39 is 12.0 Å². The van der Waals surface area contributed by atoms with Crippen LogP contribution in [0.15, 0.2) is 0 Å². The average molecular weight is 173 g/mol. The van der Waals surface area contributed by atoms with Gasteiger partial charge in [0, 0.05) is 5.92 Å². The molecule has 0 aliphatic carbocycles. The summed E-state index contributed by atoms with van der Waals surface area (Å²) in [7, 11) is 0. The standard InChI is InChI=1S/C6H9NO3.C2H6/c1-3-2-4(8)6(10)7-5(3)9;1-2/h3-4,8H,2H2,1H3,(H,7,9,10);1-2H3. The van der Waals surface area contributed by atoms with Gasteiger partial charge in [-0.1, -0.05) is 20.8 Å². The predicted molar refractivity (Wildman–Crippen MR) is 44.3 cm³/mol. The number of piperidine rings is 1. The lowest BCUT2D eigenvalue weighted by atomic mass is 9.98. The van der Waals surface area contributed by atoms with E-state index in [1.54, 1.807) is 6.92 Å². The number of amides is 2. The van der Waals surface area contributed by atoms with Gasteiger partial charge in [0.05, 0.1) is 0 Å². The minimum atomic E-state index is -1.01. The molecular formula is C8H15NO3. The number of nitrogens with one attached hydrogen (secondary N) is 1. The second kappa shape index (κ2) is 4.87. The molecule has 1 fully saturated rings. The molecule has 1 aliphatic heterocycles. The third-order valence-corrected chi connectivity index (χ3v) is 1.57. The molecule has 0 aromatic heterocycles. The highest BCUT2D eigenvalue weighted by molar-refractivity contribution is 6.00. The van der Waals surface area contributed by atoms with Crippen LogP contribution in [0.25, 0.3) is 0 Å². The smallest absolute Gasteiger partial charge is 0.255 e. The predicted octanol–water partition coefficient (Wildman–Crippen LogP) is 0.0561. The van der Waals surface area contributed by atoms with Crippen molar-refractivity contribution in [1.29, 1.82) is 0 Å². The van der Waals surface area contributed by atoms with E-state index in [1.807, 2.05) is 13.8 Å². The number of hydrogen-bond acceptors (Lipinski definition) is 3. The Labute approximate surface area is 72.0 Å². The number of carbonyl (C=O) groups is 2. The third kappa shape index (κ3) is 2.62. The SMILES string of the molecule is CC.CC1CC(O)C(=O)NC1=O. The van der Waals surface area contributed by atoms with Crippen LogP contribution in [0.3, 0.4) is 0 Å². The van der Waals surface area contributed by atoms with Crippen molar-refractivity contribution in [3.8, 4) is 0 Å². The first-order valence-corrected chi connectivity index (χ1v) is 4.14. The molecule has 0 saturated carbocycles. The summed E-state index contributed by atoms with van der Waals surface area (Å²) in [5.41, 5.74) is 0. The van der Waals surface area contributed by atoms with Crippen molar-refractivity contribution in [2.45, 2.75) is 33.3 Å². The summed E-state index contributed by atoms with van der Waals surface area (Å²) < 4.78 is 0. The lowest BCUT2D eigenvalue weighted by Crippen LogP contribution is -2.47. The normalized spacial score (nSPS) is 28.7. The van der Waals surface area contributed by atoms with Crippen molar-refractivity contribution < 1.29 is 14.7 Å². The topological polar surface area (TPSA) is 66.4 Å². The molecule has 70 valence electrons. The minimum absolute atomic E-state index is 0.241. The molecule has 2 amide bonds. The maximum absolute atomic E-state index is 10.7. The van der Waals surface area contributed by atoms with Gasteiger partial charge in [-0.3, -0.25) is 14.9 Å². The highest BCUT2D eigenvalue weighted by Gasteiger charge is 2.29. The number of aliphatic hydroxyl groups excluding tert-OH is 1. The van der Waals surface area contributed by atoms with Crippen LogP contribution in [0.4, 0.5) is 0 Å². The van der Waals surface area contributed by atoms with E-state index in [2.05, 4.69) is 5.32 Å². The summed E-state index contributed by atoms with van der Waals surface area (Å²) in [6.45, 7) is 5.67. The number of imide groups is 1. The van der Waals surface area contributed by atoms with Gasteiger partial charge in [-0.2, -0.15) is 0 Å². The lowest BCUT2D eigenvalue weighted by molar-refractivity contribution is -0.143. The van der Waals surface area contributed by atoms with Gasteiger partial charge in [-0.05, 0) is 6.42 Å². The Kier molecular flexibility index (Phi) is 4.51. The van der Waals surface area contributed by atoms with Gasteiger partial charge in [-0.15, -0.1) is 0 Å². The molecule has 4 nitrogen and oxygen atoms in total. The van der Waals surface area contributed by atoms with Crippen LogP contribution in [0.2, 0.25) is 0 Å². The first-order valence-electron chi connectivity index (χ1n) is 4.14. The summed E-state index contributed by atoms with van der Waals surface area (Å²) in [5, 5.41) is 11.0. The van der Waals surface area contributed by atoms with Crippen molar-refractivity contribution in [3.63, 3.8) is 0 Å². The Hall–Kier alpha value is -0.900. The number of rotatable bonds is 0. The average Bonchev–Trinajstić information content (AvgIpc) is 2.05. The molecule has 0 bridgehead atoms. The molecule has 0 aromatic carbocycles. The molecule has 1 saturated heterocycles. The lowest BCUT2D eigenvalue weighted by Gasteiger charge is -2.20. The van der Waals surface area contributed by atoms with Crippen LogP contribution in [-0.4, -0.2) is 23.0 Å². The molecule has 2 atom stereocenters. The molecule has 1 rings (SSSR count). The van der Waals surface area contributed by atoms with Crippen molar-refractivity contribution in [3.05, 3.63) is 0 Å². The first kappa shape index (κ1) is 11.1. The second-order valence-electron chi connectivity index (χ2n) is 2.51. The van der Waals surface area contributed by atoms with Crippen LogP contribution in [-0.2, 0) is 9.59 Å². The molecule has 1 aliphatic rings. The molecule has 0 aromatic rings. The van der Waals surface area contributed by atoms with Crippen molar-refractivity contribution in [1.82, 2.24) is 5.32 Å². The van der Waals surface area contributed by atoms with Gasteiger partial charge in [0.1, 0.15) is 6.10 Å². The molecule has 0 radical (unpaired) electrons. The maximum atomic E-state index is 10.7. The van der Waals surface area contributed by atoms with Gasteiger partial charge in [0.25, 0.3) is 5.91 Å². The van der Waals surface area contributed by atoms with Gasteiger partial charge >= 0.3 is 0 Å². The molecule has 12 heavy (non-hydrogen) atoms. The molecule has 2 N–H and O–H groups in total. The van der Waals surface area contributed by atoms with Crippen LogP contribution >= 0.6 is 0 Å². The van der Waals surface area contributed by atoms with Gasteiger partial charge < -0.3 is 5.11 Å². The zero-order valence-electron chi connectivity index (χ0n) is 7.63. The maximum Gasteiger partial charge on any atom is 0.255 e. The number of aliphatic hydroxyl groups is 1.